The van der Waals surface area contributed by atoms with Crippen molar-refractivity contribution >= 4 is 23.4 Å². The highest BCUT2D eigenvalue weighted by atomic mass is 16.6. The van der Waals surface area contributed by atoms with E-state index >= 15 is 0 Å². The molecule has 0 aromatic heterocycles. The first-order valence-electron chi connectivity index (χ1n) is 10.0. The van der Waals surface area contributed by atoms with Crippen LogP contribution >= 0.6 is 0 Å². The molecule has 1 heterocycles. The Labute approximate surface area is 177 Å². The molecule has 3 rings (SSSR count). The zero-order valence-electron chi connectivity index (χ0n) is 18.0. The normalized spacial score (nSPS) is 14.3. The number of rotatable bonds is 4. The van der Waals surface area contributed by atoms with E-state index in [1.54, 1.807) is 31.4 Å². The molecule has 1 fully saturated rings. The quantitative estimate of drug-likeness (QED) is 0.823. The number of anilines is 2. The second kappa shape index (κ2) is 9.07. The number of hydrogen-bond donors (Lipinski definition) is 1. The molecule has 7 heteroatoms. The van der Waals surface area contributed by atoms with E-state index in [1.807, 2.05) is 49.9 Å². The zero-order valence-corrected chi connectivity index (χ0v) is 18.0. The van der Waals surface area contributed by atoms with Crippen LogP contribution in [0.1, 0.15) is 31.1 Å². The number of para-hydroxylation sites is 2. The highest BCUT2D eigenvalue weighted by Crippen LogP contribution is 2.28. The lowest BCUT2D eigenvalue weighted by atomic mass is 10.1. The van der Waals surface area contributed by atoms with Crippen LogP contribution in [-0.4, -0.2) is 55.8 Å². The van der Waals surface area contributed by atoms with Crippen molar-refractivity contribution in [3.8, 4) is 5.75 Å². The van der Waals surface area contributed by atoms with Crippen LogP contribution in [0, 0.1) is 0 Å². The summed E-state index contributed by atoms with van der Waals surface area (Å²) < 4.78 is 10.7. The minimum absolute atomic E-state index is 0.0153. The number of carbonyl (C=O) groups excluding carboxylic acids is 2. The van der Waals surface area contributed by atoms with Crippen molar-refractivity contribution in [2.24, 2.45) is 0 Å². The molecule has 1 saturated heterocycles. The molecule has 2 aromatic carbocycles. The monoisotopic (exact) mass is 411 g/mol. The minimum atomic E-state index is -0.564. The van der Waals surface area contributed by atoms with Crippen LogP contribution in [0.4, 0.5) is 16.2 Å². The van der Waals surface area contributed by atoms with Crippen molar-refractivity contribution in [3.05, 3.63) is 54.1 Å². The molecule has 160 valence electrons. The fourth-order valence-corrected chi connectivity index (χ4v) is 3.34. The molecule has 2 amide bonds. The standard InChI is InChI=1S/C23H29N3O4/c1-23(2,3)30-22(28)24-18-11-9-17(10-12-18)21(27)26-15-13-25(14-16-26)19-7-5-6-8-20(19)29-4/h5-12H,13-16H2,1-4H3,(H,24,28). The maximum absolute atomic E-state index is 12.9. The molecule has 0 bridgehead atoms. The lowest BCUT2D eigenvalue weighted by molar-refractivity contribution is 0.0635. The first-order valence-corrected chi connectivity index (χ1v) is 10.0. The molecule has 0 unspecified atom stereocenters. The highest BCUT2D eigenvalue weighted by molar-refractivity contribution is 5.95. The Morgan fingerprint density at radius 3 is 2.17 bits per heavy atom. The Morgan fingerprint density at radius 2 is 1.57 bits per heavy atom. The molecular weight excluding hydrogens is 382 g/mol. The molecule has 1 aliphatic rings. The highest BCUT2D eigenvalue weighted by Gasteiger charge is 2.24. The molecule has 7 nitrogen and oxygen atoms in total. The van der Waals surface area contributed by atoms with E-state index in [0.29, 0.717) is 24.3 Å². The molecule has 0 spiro atoms. The number of benzene rings is 2. The third kappa shape index (κ3) is 5.43. The van der Waals surface area contributed by atoms with Crippen molar-refractivity contribution in [1.82, 2.24) is 4.90 Å². The van der Waals surface area contributed by atoms with Crippen LogP contribution in [0.15, 0.2) is 48.5 Å². The van der Waals surface area contributed by atoms with Crippen LogP contribution in [-0.2, 0) is 4.74 Å². The summed E-state index contributed by atoms with van der Waals surface area (Å²) in [5, 5.41) is 2.67. The third-order valence-corrected chi connectivity index (χ3v) is 4.77. The maximum atomic E-state index is 12.9. The van der Waals surface area contributed by atoms with Gasteiger partial charge >= 0.3 is 6.09 Å². The summed E-state index contributed by atoms with van der Waals surface area (Å²) in [7, 11) is 1.67. The van der Waals surface area contributed by atoms with Crippen LogP contribution in [0.5, 0.6) is 5.75 Å². The third-order valence-electron chi connectivity index (χ3n) is 4.77. The molecular formula is C23H29N3O4. The van der Waals surface area contributed by atoms with E-state index in [1.165, 1.54) is 0 Å². The summed E-state index contributed by atoms with van der Waals surface area (Å²) in [6.45, 7) is 8.17. The van der Waals surface area contributed by atoms with Gasteiger partial charge in [-0.25, -0.2) is 4.79 Å². The van der Waals surface area contributed by atoms with Crippen LogP contribution in [0.25, 0.3) is 0 Å². The summed E-state index contributed by atoms with van der Waals surface area (Å²) in [5.74, 6) is 0.823. The molecule has 2 aromatic rings. The van der Waals surface area contributed by atoms with E-state index in [9.17, 15) is 9.59 Å². The van der Waals surface area contributed by atoms with Gasteiger partial charge in [0, 0.05) is 37.4 Å². The SMILES string of the molecule is COc1ccccc1N1CCN(C(=O)c2ccc(NC(=O)OC(C)(C)C)cc2)CC1. The van der Waals surface area contributed by atoms with Gasteiger partial charge in [0.25, 0.3) is 5.91 Å². The molecule has 0 atom stereocenters. The molecule has 1 aliphatic heterocycles. The van der Waals surface area contributed by atoms with E-state index in [-0.39, 0.29) is 5.91 Å². The predicted octanol–water partition coefficient (Wildman–Crippen LogP) is 4.00. The van der Waals surface area contributed by atoms with Gasteiger partial charge in [0.1, 0.15) is 11.4 Å². The van der Waals surface area contributed by atoms with E-state index in [0.717, 1.165) is 24.5 Å². The number of amides is 2. The average Bonchev–Trinajstić information content (AvgIpc) is 2.72. The zero-order chi connectivity index (χ0) is 21.7. The van der Waals surface area contributed by atoms with E-state index in [2.05, 4.69) is 10.2 Å². The Hall–Kier alpha value is -3.22. The molecule has 1 N–H and O–H groups in total. The molecule has 0 radical (unpaired) electrons. The summed E-state index contributed by atoms with van der Waals surface area (Å²) in [6.07, 6.45) is -0.519. The Bertz CT molecular complexity index is 882. The largest absolute Gasteiger partial charge is 0.495 e. The maximum Gasteiger partial charge on any atom is 0.412 e. The summed E-state index contributed by atoms with van der Waals surface area (Å²) in [4.78, 5) is 28.8. The van der Waals surface area contributed by atoms with Gasteiger partial charge in [-0.2, -0.15) is 0 Å². The first-order chi connectivity index (χ1) is 14.3. The van der Waals surface area contributed by atoms with Gasteiger partial charge in [-0.3, -0.25) is 10.1 Å². The second-order valence-electron chi connectivity index (χ2n) is 8.16. The predicted molar refractivity (Wildman–Crippen MR) is 117 cm³/mol. The fourth-order valence-electron chi connectivity index (χ4n) is 3.34. The number of nitrogens with one attached hydrogen (secondary N) is 1. The number of hydrogen-bond acceptors (Lipinski definition) is 5. The smallest absolute Gasteiger partial charge is 0.412 e. The average molecular weight is 412 g/mol. The van der Waals surface area contributed by atoms with Crippen molar-refractivity contribution in [2.45, 2.75) is 26.4 Å². The van der Waals surface area contributed by atoms with Crippen molar-refractivity contribution in [3.63, 3.8) is 0 Å². The molecule has 0 aliphatic carbocycles. The number of carbonyl (C=O) groups is 2. The van der Waals surface area contributed by atoms with Gasteiger partial charge < -0.3 is 19.3 Å². The minimum Gasteiger partial charge on any atom is -0.495 e. The summed E-state index contributed by atoms with van der Waals surface area (Å²) in [5.41, 5.74) is 1.66. The Balaban J connectivity index is 1.57. The second-order valence-corrected chi connectivity index (χ2v) is 8.16. The van der Waals surface area contributed by atoms with Gasteiger partial charge in [-0.05, 0) is 57.2 Å². The first kappa shape index (κ1) is 21.5. The molecule has 0 saturated carbocycles. The lowest BCUT2D eigenvalue weighted by Gasteiger charge is -2.36. The van der Waals surface area contributed by atoms with Crippen LogP contribution < -0.4 is 15.0 Å². The number of methoxy groups -OCH3 is 1. The van der Waals surface area contributed by atoms with Crippen molar-refractivity contribution < 1.29 is 19.1 Å². The molecule has 30 heavy (non-hydrogen) atoms. The van der Waals surface area contributed by atoms with Crippen LogP contribution in [0.2, 0.25) is 0 Å². The fraction of sp³-hybridized carbons (Fsp3) is 0.391. The van der Waals surface area contributed by atoms with Gasteiger partial charge in [-0.1, -0.05) is 12.1 Å². The topological polar surface area (TPSA) is 71.1 Å². The van der Waals surface area contributed by atoms with E-state index < -0.39 is 11.7 Å². The lowest BCUT2D eigenvalue weighted by Crippen LogP contribution is -2.48. The van der Waals surface area contributed by atoms with Gasteiger partial charge in [0.2, 0.25) is 0 Å². The summed E-state index contributed by atoms with van der Waals surface area (Å²) in [6, 6.07) is 14.8. The van der Waals surface area contributed by atoms with Crippen molar-refractivity contribution in [1.29, 1.82) is 0 Å². The van der Waals surface area contributed by atoms with Gasteiger partial charge in [-0.15, -0.1) is 0 Å². The van der Waals surface area contributed by atoms with Crippen molar-refractivity contribution in [2.75, 3.05) is 43.5 Å². The number of piperazine rings is 1. The number of ether oxygens (including phenoxy) is 2. The number of nitrogens with zero attached hydrogens (tertiary/aromatic N) is 2. The Kier molecular flexibility index (Phi) is 6.50. The Morgan fingerprint density at radius 1 is 0.933 bits per heavy atom. The van der Waals surface area contributed by atoms with Crippen LogP contribution in [0.3, 0.4) is 0 Å². The summed E-state index contributed by atoms with van der Waals surface area (Å²) >= 11 is 0. The van der Waals surface area contributed by atoms with Gasteiger partial charge in [0.15, 0.2) is 0 Å². The van der Waals surface area contributed by atoms with Gasteiger partial charge in [0.05, 0.1) is 12.8 Å². The van der Waals surface area contributed by atoms with E-state index in [4.69, 9.17) is 9.47 Å².